The first-order chi connectivity index (χ1) is 11.6. The standard InChI is InChI=1S/C15H13F3N4O2/c16-9-1-2-10(14(18)13(9)17)19-12-4-3-11(20-21-12)15(23)22-5-7-24-8-6-22/h1-4H,5-8H2,(H,19,21). The van der Waals surface area contributed by atoms with Gasteiger partial charge in [-0.3, -0.25) is 4.79 Å². The van der Waals surface area contributed by atoms with Gasteiger partial charge in [0.05, 0.1) is 18.9 Å². The second-order valence-corrected chi connectivity index (χ2v) is 5.06. The van der Waals surface area contributed by atoms with Crippen LogP contribution < -0.4 is 5.32 Å². The fraction of sp³-hybridized carbons (Fsp3) is 0.267. The van der Waals surface area contributed by atoms with E-state index in [0.717, 1.165) is 12.1 Å². The lowest BCUT2D eigenvalue weighted by atomic mass is 10.2. The molecule has 9 heteroatoms. The number of benzene rings is 1. The van der Waals surface area contributed by atoms with Crippen LogP contribution in [0, 0.1) is 17.5 Å². The quantitative estimate of drug-likeness (QED) is 0.868. The lowest BCUT2D eigenvalue weighted by molar-refractivity contribution is 0.0298. The lowest BCUT2D eigenvalue weighted by Crippen LogP contribution is -2.41. The van der Waals surface area contributed by atoms with Crippen LogP contribution >= 0.6 is 0 Å². The Bertz CT molecular complexity index is 749. The molecular weight excluding hydrogens is 325 g/mol. The van der Waals surface area contributed by atoms with Gasteiger partial charge in [0.2, 0.25) is 0 Å². The fourth-order valence-corrected chi connectivity index (χ4v) is 2.20. The van der Waals surface area contributed by atoms with Crippen molar-refractivity contribution in [2.45, 2.75) is 0 Å². The van der Waals surface area contributed by atoms with Crippen molar-refractivity contribution in [3.63, 3.8) is 0 Å². The number of carbonyl (C=O) groups excluding carboxylic acids is 1. The zero-order chi connectivity index (χ0) is 17.1. The number of rotatable bonds is 3. The van der Waals surface area contributed by atoms with Gasteiger partial charge in [-0.05, 0) is 24.3 Å². The molecule has 0 spiro atoms. The average molecular weight is 338 g/mol. The molecule has 6 nitrogen and oxygen atoms in total. The van der Waals surface area contributed by atoms with Crippen molar-refractivity contribution < 1.29 is 22.7 Å². The number of anilines is 2. The molecule has 1 aliphatic heterocycles. The number of halogens is 3. The Morgan fingerprint density at radius 2 is 1.79 bits per heavy atom. The summed E-state index contributed by atoms with van der Waals surface area (Å²) in [5, 5.41) is 10.0. The topological polar surface area (TPSA) is 67.4 Å². The van der Waals surface area contributed by atoms with Crippen molar-refractivity contribution in [3.05, 3.63) is 47.4 Å². The Kier molecular flexibility index (Phi) is 4.61. The number of amides is 1. The molecule has 1 aromatic carbocycles. The van der Waals surface area contributed by atoms with Crippen LogP contribution in [0.1, 0.15) is 10.5 Å². The van der Waals surface area contributed by atoms with Gasteiger partial charge in [-0.25, -0.2) is 13.2 Å². The van der Waals surface area contributed by atoms with Crippen molar-refractivity contribution in [3.8, 4) is 0 Å². The predicted octanol–water partition coefficient (Wildman–Crippen LogP) is 2.11. The summed E-state index contributed by atoms with van der Waals surface area (Å²) in [6.07, 6.45) is 0. The Labute approximate surface area is 135 Å². The largest absolute Gasteiger partial charge is 0.378 e. The van der Waals surface area contributed by atoms with E-state index in [1.165, 1.54) is 12.1 Å². The van der Waals surface area contributed by atoms with Crippen molar-refractivity contribution in [2.24, 2.45) is 0 Å². The van der Waals surface area contributed by atoms with Gasteiger partial charge in [-0.2, -0.15) is 0 Å². The van der Waals surface area contributed by atoms with Crippen molar-refractivity contribution in [1.29, 1.82) is 0 Å². The first-order valence-corrected chi connectivity index (χ1v) is 7.17. The molecule has 1 N–H and O–H groups in total. The monoisotopic (exact) mass is 338 g/mol. The number of nitrogens with zero attached hydrogens (tertiary/aromatic N) is 3. The fourth-order valence-electron chi connectivity index (χ4n) is 2.20. The molecule has 0 aliphatic carbocycles. The predicted molar refractivity (Wildman–Crippen MR) is 78.4 cm³/mol. The number of hydrogen-bond acceptors (Lipinski definition) is 5. The van der Waals surface area contributed by atoms with Crippen LogP contribution in [0.3, 0.4) is 0 Å². The number of ether oxygens (including phenoxy) is 1. The number of nitrogens with one attached hydrogen (secondary N) is 1. The third-order valence-corrected chi connectivity index (χ3v) is 3.48. The van der Waals surface area contributed by atoms with Crippen molar-refractivity contribution >= 4 is 17.4 Å². The molecule has 2 heterocycles. The van der Waals surface area contributed by atoms with Gasteiger partial charge in [0.25, 0.3) is 5.91 Å². The van der Waals surface area contributed by atoms with E-state index in [1.807, 2.05) is 0 Å². The molecule has 1 amide bonds. The zero-order valence-electron chi connectivity index (χ0n) is 12.4. The molecule has 1 fully saturated rings. The molecule has 0 bridgehead atoms. The second-order valence-electron chi connectivity index (χ2n) is 5.06. The van der Waals surface area contributed by atoms with Gasteiger partial charge in [0.15, 0.2) is 29.0 Å². The lowest BCUT2D eigenvalue weighted by Gasteiger charge is -2.26. The molecule has 24 heavy (non-hydrogen) atoms. The van der Waals surface area contributed by atoms with E-state index in [-0.39, 0.29) is 23.1 Å². The summed E-state index contributed by atoms with van der Waals surface area (Å²) in [6.45, 7) is 1.88. The molecule has 1 saturated heterocycles. The van der Waals surface area contributed by atoms with Gasteiger partial charge < -0.3 is 15.0 Å². The maximum Gasteiger partial charge on any atom is 0.274 e. The summed E-state index contributed by atoms with van der Waals surface area (Å²) in [7, 11) is 0. The third kappa shape index (κ3) is 3.30. The maximum atomic E-state index is 13.6. The Morgan fingerprint density at radius 3 is 2.46 bits per heavy atom. The highest BCUT2D eigenvalue weighted by Gasteiger charge is 2.20. The smallest absolute Gasteiger partial charge is 0.274 e. The molecule has 0 radical (unpaired) electrons. The number of morpholine rings is 1. The van der Waals surface area contributed by atoms with Crippen LogP contribution in [0.5, 0.6) is 0 Å². The summed E-state index contributed by atoms with van der Waals surface area (Å²) < 4.78 is 44.8. The van der Waals surface area contributed by atoms with Gasteiger partial charge in [0, 0.05) is 13.1 Å². The highest BCUT2D eigenvalue weighted by Crippen LogP contribution is 2.22. The summed E-state index contributed by atoms with van der Waals surface area (Å²) in [6, 6.07) is 4.67. The van der Waals surface area contributed by atoms with E-state index < -0.39 is 17.5 Å². The minimum absolute atomic E-state index is 0.0958. The van der Waals surface area contributed by atoms with E-state index in [1.54, 1.807) is 4.90 Å². The van der Waals surface area contributed by atoms with E-state index in [0.29, 0.717) is 26.3 Å². The van der Waals surface area contributed by atoms with Crippen LogP contribution in [0.2, 0.25) is 0 Å². The van der Waals surface area contributed by atoms with Gasteiger partial charge >= 0.3 is 0 Å². The molecule has 3 rings (SSSR count). The van der Waals surface area contributed by atoms with E-state index in [4.69, 9.17) is 4.74 Å². The number of carbonyl (C=O) groups is 1. The van der Waals surface area contributed by atoms with Crippen molar-refractivity contribution in [1.82, 2.24) is 15.1 Å². The molecular formula is C15H13F3N4O2. The van der Waals surface area contributed by atoms with Gasteiger partial charge in [-0.1, -0.05) is 0 Å². The maximum absolute atomic E-state index is 13.6. The van der Waals surface area contributed by atoms with E-state index >= 15 is 0 Å². The number of hydrogen-bond donors (Lipinski definition) is 1. The molecule has 0 saturated carbocycles. The summed E-state index contributed by atoms with van der Waals surface area (Å²) in [5.74, 6) is -4.40. The minimum Gasteiger partial charge on any atom is -0.378 e. The zero-order valence-corrected chi connectivity index (χ0v) is 12.4. The Hall–Kier alpha value is -2.68. The first-order valence-electron chi connectivity index (χ1n) is 7.17. The molecule has 0 unspecified atom stereocenters. The second kappa shape index (κ2) is 6.83. The van der Waals surface area contributed by atoms with Crippen LogP contribution in [-0.4, -0.2) is 47.3 Å². The summed E-state index contributed by atoms with van der Waals surface area (Å²) >= 11 is 0. The Balaban J connectivity index is 1.73. The molecule has 1 aliphatic rings. The SMILES string of the molecule is O=C(c1ccc(Nc2ccc(F)c(F)c2F)nn1)N1CCOCC1. The Morgan fingerprint density at radius 1 is 1.04 bits per heavy atom. The van der Waals surface area contributed by atoms with Gasteiger partial charge in [-0.15, -0.1) is 10.2 Å². The average Bonchev–Trinajstić information content (AvgIpc) is 2.63. The normalized spacial score (nSPS) is 14.5. The summed E-state index contributed by atoms with van der Waals surface area (Å²) in [5.41, 5.74) is -0.149. The first kappa shape index (κ1) is 16.2. The third-order valence-electron chi connectivity index (χ3n) is 3.48. The number of aromatic nitrogens is 2. The van der Waals surface area contributed by atoms with Crippen molar-refractivity contribution in [2.75, 3.05) is 31.6 Å². The minimum atomic E-state index is -1.58. The van der Waals surface area contributed by atoms with Crippen LogP contribution in [0.15, 0.2) is 24.3 Å². The van der Waals surface area contributed by atoms with E-state index in [9.17, 15) is 18.0 Å². The molecule has 126 valence electrons. The van der Waals surface area contributed by atoms with E-state index in [2.05, 4.69) is 15.5 Å². The molecule has 1 aromatic heterocycles. The highest BCUT2D eigenvalue weighted by molar-refractivity contribution is 5.92. The van der Waals surface area contributed by atoms with Crippen LogP contribution in [-0.2, 0) is 4.74 Å². The van der Waals surface area contributed by atoms with Crippen LogP contribution in [0.4, 0.5) is 24.7 Å². The highest BCUT2D eigenvalue weighted by atomic mass is 19.2. The molecule has 2 aromatic rings. The summed E-state index contributed by atoms with van der Waals surface area (Å²) in [4.78, 5) is 13.8. The van der Waals surface area contributed by atoms with Gasteiger partial charge in [0.1, 0.15) is 0 Å². The van der Waals surface area contributed by atoms with Crippen LogP contribution in [0.25, 0.3) is 0 Å². The molecule has 0 atom stereocenters.